The van der Waals surface area contributed by atoms with Crippen LogP contribution in [-0.4, -0.2) is 59.7 Å². The molecule has 2 amide bonds. The third kappa shape index (κ3) is 23.3. The van der Waals surface area contributed by atoms with Crippen molar-refractivity contribution in [3.05, 3.63) is 0 Å². The first kappa shape index (κ1) is 36.6. The molecule has 10 heteroatoms. The molecule has 39 heavy (non-hydrogen) atoms. The molecule has 0 radical (unpaired) electrons. The molecule has 0 aromatic rings. The molecule has 1 aliphatic heterocycles. The molecule has 1 atom stereocenters. The maximum absolute atomic E-state index is 11.8. The van der Waals surface area contributed by atoms with E-state index in [9.17, 15) is 14.4 Å². The van der Waals surface area contributed by atoms with Gasteiger partial charge in [-0.1, -0.05) is 103 Å². The van der Waals surface area contributed by atoms with E-state index in [0.29, 0.717) is 45.4 Å². The van der Waals surface area contributed by atoms with Gasteiger partial charge in [-0.05, 0) is 25.7 Å². The van der Waals surface area contributed by atoms with E-state index in [1.807, 2.05) is 0 Å². The number of nitrogens with two attached hydrogens (primary N) is 2. The summed E-state index contributed by atoms with van der Waals surface area (Å²) in [4.78, 5) is 33.3. The number of carbonyl (C=O) groups is 3. The van der Waals surface area contributed by atoms with Crippen molar-refractivity contribution in [2.75, 3.05) is 19.7 Å². The van der Waals surface area contributed by atoms with Crippen molar-refractivity contribution in [1.82, 2.24) is 10.2 Å². The molecule has 1 heterocycles. The zero-order valence-corrected chi connectivity index (χ0v) is 24.5. The molecule has 0 aromatic heterocycles. The second kappa shape index (κ2) is 25.9. The quantitative estimate of drug-likeness (QED) is 0.0492. The number of carbonyl (C=O) groups excluding carboxylic acids is 2. The van der Waals surface area contributed by atoms with Gasteiger partial charge in [0.25, 0.3) is 0 Å². The molecule has 1 aliphatic rings. The van der Waals surface area contributed by atoms with Crippen molar-refractivity contribution in [2.45, 2.75) is 141 Å². The lowest BCUT2D eigenvalue weighted by molar-refractivity contribution is -0.145. The fourth-order valence-electron chi connectivity index (χ4n) is 4.44. The first-order chi connectivity index (χ1) is 18.8. The van der Waals surface area contributed by atoms with Gasteiger partial charge in [-0.3, -0.25) is 15.0 Å². The maximum atomic E-state index is 11.8. The van der Waals surface area contributed by atoms with Crippen LogP contribution in [0.1, 0.15) is 135 Å². The van der Waals surface area contributed by atoms with Gasteiger partial charge in [0.1, 0.15) is 6.04 Å². The van der Waals surface area contributed by atoms with Crippen LogP contribution < -0.4 is 16.8 Å². The van der Waals surface area contributed by atoms with Crippen LogP contribution in [0, 0.1) is 5.41 Å². The van der Waals surface area contributed by atoms with Gasteiger partial charge in [0.15, 0.2) is 5.96 Å². The number of imide groups is 1. The molecule has 1 rings (SSSR count). The van der Waals surface area contributed by atoms with E-state index in [-0.39, 0.29) is 17.8 Å². The summed E-state index contributed by atoms with van der Waals surface area (Å²) in [6, 6.07) is -0.584. The minimum Gasteiger partial charge on any atom is -0.465 e. The first-order valence-electron chi connectivity index (χ1n) is 15.3. The lowest BCUT2D eigenvalue weighted by Crippen LogP contribution is -2.35. The summed E-state index contributed by atoms with van der Waals surface area (Å²) in [7, 11) is 0. The van der Waals surface area contributed by atoms with Gasteiger partial charge in [-0.25, -0.2) is 9.69 Å². The monoisotopic (exact) mass is 555 g/mol. The van der Waals surface area contributed by atoms with Crippen LogP contribution >= 0.6 is 0 Å². The Morgan fingerprint density at radius 1 is 0.923 bits per heavy atom. The fraction of sp³-hybridized carbons (Fsp3) is 0.862. The van der Waals surface area contributed by atoms with Gasteiger partial charge in [0, 0.05) is 19.5 Å². The number of nitrogens with zero attached hydrogens (tertiary/aromatic N) is 1. The summed E-state index contributed by atoms with van der Waals surface area (Å²) in [5.41, 5.74) is 11.0. The van der Waals surface area contributed by atoms with Gasteiger partial charge in [-0.15, -0.1) is 0 Å². The van der Waals surface area contributed by atoms with Crippen LogP contribution in [0.15, 0.2) is 0 Å². The number of ether oxygens (including phenoxy) is 1. The van der Waals surface area contributed by atoms with Crippen molar-refractivity contribution >= 4 is 23.9 Å². The minimum atomic E-state index is -1.13. The van der Waals surface area contributed by atoms with E-state index in [2.05, 4.69) is 12.2 Å². The molecule has 0 aromatic carbocycles. The number of carboxylic acid groups (broad SMARTS) is 1. The van der Waals surface area contributed by atoms with Crippen LogP contribution in [0.5, 0.6) is 0 Å². The van der Waals surface area contributed by atoms with Crippen molar-refractivity contribution in [3.8, 4) is 0 Å². The Kier molecular flexibility index (Phi) is 24.3. The van der Waals surface area contributed by atoms with Crippen molar-refractivity contribution in [1.29, 1.82) is 5.41 Å². The van der Waals surface area contributed by atoms with Crippen LogP contribution in [0.2, 0.25) is 0 Å². The summed E-state index contributed by atoms with van der Waals surface area (Å²) in [6.07, 6.45) is 22.5. The van der Waals surface area contributed by atoms with Gasteiger partial charge < -0.3 is 26.6 Å². The largest absolute Gasteiger partial charge is 0.465 e. The van der Waals surface area contributed by atoms with Gasteiger partial charge >= 0.3 is 12.1 Å². The van der Waals surface area contributed by atoms with Crippen LogP contribution in [-0.2, 0) is 14.3 Å². The number of unbranched alkanes of at least 4 members (excludes halogenated alkanes) is 15. The van der Waals surface area contributed by atoms with E-state index in [1.165, 1.54) is 89.9 Å². The summed E-state index contributed by atoms with van der Waals surface area (Å²) >= 11 is 0. The fourth-order valence-corrected chi connectivity index (χ4v) is 4.44. The second-order valence-electron chi connectivity index (χ2n) is 10.5. The molecular weight excluding hydrogens is 498 g/mol. The lowest BCUT2D eigenvalue weighted by Gasteiger charge is -2.11. The maximum Gasteiger partial charge on any atom is 0.414 e. The molecule has 0 aliphatic carbocycles. The van der Waals surface area contributed by atoms with Gasteiger partial charge in [0.2, 0.25) is 5.91 Å². The summed E-state index contributed by atoms with van der Waals surface area (Å²) in [6.45, 7) is 3.66. The SMILES string of the molecule is CCCCCCCCCCCCCCCCCCOC(=O)[C@@H](N)CCCNC(=N)N.O=C(O)N1CCCC1=O. The van der Waals surface area contributed by atoms with E-state index < -0.39 is 12.1 Å². The molecule has 1 saturated heterocycles. The van der Waals surface area contributed by atoms with Crippen molar-refractivity contribution < 1.29 is 24.2 Å². The normalized spacial score (nSPS) is 13.5. The van der Waals surface area contributed by atoms with E-state index in [1.54, 1.807) is 0 Å². The smallest absolute Gasteiger partial charge is 0.414 e. The van der Waals surface area contributed by atoms with E-state index in [4.69, 9.17) is 26.7 Å². The number of esters is 1. The number of rotatable bonds is 22. The number of hydrogen-bond donors (Lipinski definition) is 5. The topological polar surface area (TPSA) is 172 Å². The molecule has 1 fully saturated rings. The Morgan fingerprint density at radius 2 is 1.41 bits per heavy atom. The number of likely N-dealkylation sites (tertiary alicyclic amines) is 1. The predicted molar refractivity (Wildman–Crippen MR) is 157 cm³/mol. The van der Waals surface area contributed by atoms with Crippen molar-refractivity contribution in [2.24, 2.45) is 11.5 Å². The number of amides is 2. The standard InChI is InChI=1S/C24H50N4O2.C5H7NO3/c1-2-3-4-5-6-7-8-9-10-11-12-13-14-15-16-17-21-30-23(29)22(25)19-18-20-28-24(26)27;7-4-2-1-3-6(4)5(8)9/h22H,2-21,25H2,1H3,(H4,26,27,28);1-3H2,(H,8,9)/t22-;/m0./s1. The van der Waals surface area contributed by atoms with Crippen molar-refractivity contribution in [3.63, 3.8) is 0 Å². The zero-order valence-electron chi connectivity index (χ0n) is 24.5. The minimum absolute atomic E-state index is 0.0605. The van der Waals surface area contributed by atoms with Gasteiger partial charge in [-0.2, -0.15) is 0 Å². The highest BCUT2D eigenvalue weighted by molar-refractivity contribution is 5.92. The molecule has 10 nitrogen and oxygen atoms in total. The van der Waals surface area contributed by atoms with Crippen LogP contribution in [0.4, 0.5) is 4.79 Å². The van der Waals surface area contributed by atoms with Gasteiger partial charge in [0.05, 0.1) is 6.61 Å². The lowest BCUT2D eigenvalue weighted by atomic mass is 10.0. The summed E-state index contributed by atoms with van der Waals surface area (Å²) in [5.74, 6) is -0.657. The van der Waals surface area contributed by atoms with Crippen LogP contribution in [0.3, 0.4) is 0 Å². The highest BCUT2D eigenvalue weighted by Gasteiger charge is 2.25. The average molecular weight is 556 g/mol. The van der Waals surface area contributed by atoms with E-state index in [0.717, 1.165) is 17.7 Å². The third-order valence-corrected chi connectivity index (χ3v) is 6.86. The summed E-state index contributed by atoms with van der Waals surface area (Å²) < 4.78 is 5.25. The Balaban J connectivity index is 0.00000134. The molecule has 228 valence electrons. The van der Waals surface area contributed by atoms with E-state index >= 15 is 0 Å². The molecule has 7 N–H and O–H groups in total. The Labute approximate surface area is 236 Å². The molecule has 0 unspecified atom stereocenters. The number of hydrogen-bond acceptors (Lipinski definition) is 6. The Hall–Kier alpha value is -2.36. The Morgan fingerprint density at radius 3 is 1.79 bits per heavy atom. The average Bonchev–Trinajstić information content (AvgIpc) is 3.34. The number of nitrogens with one attached hydrogen (secondary N) is 2. The van der Waals surface area contributed by atoms with Crippen LogP contribution in [0.25, 0.3) is 0 Å². The molecule has 0 bridgehead atoms. The highest BCUT2D eigenvalue weighted by atomic mass is 16.5. The first-order valence-corrected chi connectivity index (χ1v) is 15.3. The Bertz CT molecular complexity index is 662. The molecule has 0 spiro atoms. The third-order valence-electron chi connectivity index (χ3n) is 6.86. The predicted octanol–water partition coefficient (Wildman–Crippen LogP) is 5.67. The number of guanidine groups is 1. The molecular formula is C29H57N5O5. The molecule has 0 saturated carbocycles. The zero-order chi connectivity index (χ0) is 29.1. The highest BCUT2D eigenvalue weighted by Crippen LogP contribution is 2.14. The second-order valence-corrected chi connectivity index (χ2v) is 10.5. The summed E-state index contributed by atoms with van der Waals surface area (Å²) in [5, 5.41) is 18.0.